The van der Waals surface area contributed by atoms with Crippen molar-refractivity contribution in [2.75, 3.05) is 6.54 Å². The highest BCUT2D eigenvalue weighted by Gasteiger charge is 2.31. The molecule has 0 saturated carbocycles. The minimum absolute atomic E-state index is 0.0282. The summed E-state index contributed by atoms with van der Waals surface area (Å²) in [5.41, 5.74) is 0.329. The Morgan fingerprint density at radius 1 is 1.28 bits per heavy atom. The number of guanidine groups is 1. The van der Waals surface area contributed by atoms with Gasteiger partial charge in [0.2, 0.25) is 0 Å². The summed E-state index contributed by atoms with van der Waals surface area (Å²) in [4.78, 5) is 8.38. The van der Waals surface area contributed by atoms with E-state index in [0.29, 0.717) is 30.4 Å². The quantitative estimate of drug-likeness (QED) is 0.611. The maximum absolute atomic E-state index is 12.5. The molecule has 0 aliphatic rings. The molecule has 1 heterocycles. The van der Waals surface area contributed by atoms with Gasteiger partial charge in [0, 0.05) is 19.2 Å². The van der Waals surface area contributed by atoms with Crippen LogP contribution in [0.5, 0.6) is 5.75 Å². The number of hydrogen-bond acceptors (Lipinski definition) is 4. The largest absolute Gasteiger partial charge is 0.573 e. The molecule has 0 radical (unpaired) electrons. The predicted octanol–water partition coefficient (Wildman–Crippen LogP) is 1.97. The SMILES string of the molecule is CCNC(=NCc1ccccc1OC(F)(F)F)NCc1ncnn1C. The molecule has 25 heavy (non-hydrogen) atoms. The zero-order chi connectivity index (χ0) is 18.3. The minimum atomic E-state index is -4.74. The molecule has 2 N–H and O–H groups in total. The fraction of sp³-hybridized carbons (Fsp3) is 0.400. The second-order valence-electron chi connectivity index (χ2n) is 5.00. The Labute approximate surface area is 142 Å². The van der Waals surface area contributed by atoms with Crippen molar-refractivity contribution in [3.8, 4) is 5.75 Å². The third-order valence-electron chi connectivity index (χ3n) is 3.17. The lowest BCUT2D eigenvalue weighted by Gasteiger charge is -2.13. The van der Waals surface area contributed by atoms with E-state index in [1.54, 1.807) is 17.8 Å². The molecule has 0 aliphatic heterocycles. The van der Waals surface area contributed by atoms with Crippen LogP contribution in [0.2, 0.25) is 0 Å². The highest BCUT2D eigenvalue weighted by Crippen LogP contribution is 2.26. The van der Waals surface area contributed by atoms with Crippen molar-refractivity contribution >= 4 is 5.96 Å². The number of para-hydroxylation sites is 1. The van der Waals surface area contributed by atoms with Crippen LogP contribution >= 0.6 is 0 Å². The maximum Gasteiger partial charge on any atom is 0.573 e. The highest BCUT2D eigenvalue weighted by molar-refractivity contribution is 5.79. The fourth-order valence-corrected chi connectivity index (χ4v) is 2.01. The predicted molar refractivity (Wildman–Crippen MR) is 85.8 cm³/mol. The van der Waals surface area contributed by atoms with Gasteiger partial charge < -0.3 is 15.4 Å². The highest BCUT2D eigenvalue weighted by atomic mass is 19.4. The van der Waals surface area contributed by atoms with Gasteiger partial charge in [0.25, 0.3) is 0 Å². The molecule has 7 nitrogen and oxygen atoms in total. The first kappa shape index (κ1) is 18.6. The van der Waals surface area contributed by atoms with E-state index in [1.807, 2.05) is 6.92 Å². The molecule has 10 heteroatoms. The number of alkyl halides is 3. The molecule has 136 valence electrons. The normalized spacial score (nSPS) is 12.1. The van der Waals surface area contributed by atoms with Gasteiger partial charge >= 0.3 is 6.36 Å². The third kappa shape index (κ3) is 5.98. The average molecular weight is 356 g/mol. The molecule has 2 aromatic rings. The van der Waals surface area contributed by atoms with E-state index in [1.165, 1.54) is 24.5 Å². The van der Waals surface area contributed by atoms with E-state index in [0.717, 1.165) is 0 Å². The maximum atomic E-state index is 12.5. The van der Waals surface area contributed by atoms with Crippen molar-refractivity contribution < 1.29 is 17.9 Å². The number of rotatable bonds is 6. The first-order chi connectivity index (χ1) is 11.9. The van der Waals surface area contributed by atoms with Crippen molar-refractivity contribution in [2.24, 2.45) is 12.0 Å². The van der Waals surface area contributed by atoms with Crippen molar-refractivity contribution in [1.29, 1.82) is 0 Å². The van der Waals surface area contributed by atoms with Gasteiger partial charge in [-0.05, 0) is 13.0 Å². The molecular formula is C15H19F3N6O. The van der Waals surface area contributed by atoms with E-state index in [-0.39, 0.29) is 12.3 Å². The number of halogens is 3. The summed E-state index contributed by atoms with van der Waals surface area (Å²) < 4.78 is 43.0. The topological polar surface area (TPSA) is 76.4 Å². The van der Waals surface area contributed by atoms with Gasteiger partial charge in [-0.3, -0.25) is 4.68 Å². The second-order valence-corrected chi connectivity index (χ2v) is 5.00. The molecule has 0 fully saturated rings. The first-order valence-corrected chi connectivity index (χ1v) is 7.57. The Hall–Kier alpha value is -2.78. The number of hydrogen-bond donors (Lipinski definition) is 2. The Bertz CT molecular complexity index is 713. The molecular weight excluding hydrogens is 337 g/mol. The van der Waals surface area contributed by atoms with Crippen LogP contribution in [-0.4, -0.2) is 33.6 Å². The number of aryl methyl sites for hydroxylation is 1. The summed E-state index contributed by atoms with van der Waals surface area (Å²) in [6.45, 7) is 2.90. The number of ether oxygens (including phenoxy) is 1. The van der Waals surface area contributed by atoms with Crippen LogP contribution in [0.15, 0.2) is 35.6 Å². The lowest BCUT2D eigenvalue weighted by Crippen LogP contribution is -2.37. The summed E-state index contributed by atoms with van der Waals surface area (Å²) in [6, 6.07) is 5.91. The van der Waals surface area contributed by atoms with E-state index in [2.05, 4.69) is 30.4 Å². The fourth-order valence-electron chi connectivity index (χ4n) is 2.01. The first-order valence-electron chi connectivity index (χ1n) is 7.57. The van der Waals surface area contributed by atoms with Crippen LogP contribution in [0.3, 0.4) is 0 Å². The second kappa shape index (κ2) is 8.36. The van der Waals surface area contributed by atoms with Gasteiger partial charge in [0.05, 0.1) is 13.1 Å². The molecule has 0 spiro atoms. The lowest BCUT2D eigenvalue weighted by atomic mass is 10.2. The standard InChI is InChI=1S/C15H19F3N6O/c1-3-19-14(21-9-13-22-10-23-24(13)2)20-8-11-6-4-5-7-12(11)25-15(16,17)18/h4-7,10H,3,8-9H2,1-2H3,(H2,19,20,21). The van der Waals surface area contributed by atoms with Crippen LogP contribution in [-0.2, 0) is 20.1 Å². The summed E-state index contributed by atoms with van der Waals surface area (Å²) in [7, 11) is 1.76. The summed E-state index contributed by atoms with van der Waals surface area (Å²) in [5.74, 6) is 0.890. The zero-order valence-corrected chi connectivity index (χ0v) is 13.8. The van der Waals surface area contributed by atoms with E-state index >= 15 is 0 Å². The smallest absolute Gasteiger partial charge is 0.405 e. The van der Waals surface area contributed by atoms with Gasteiger partial charge in [-0.15, -0.1) is 13.2 Å². The van der Waals surface area contributed by atoms with Crippen molar-refractivity contribution in [1.82, 2.24) is 25.4 Å². The Balaban J connectivity index is 2.07. The van der Waals surface area contributed by atoms with Crippen LogP contribution < -0.4 is 15.4 Å². The van der Waals surface area contributed by atoms with Gasteiger partial charge in [-0.1, -0.05) is 18.2 Å². The van der Waals surface area contributed by atoms with Gasteiger partial charge in [-0.2, -0.15) is 5.10 Å². The summed E-state index contributed by atoms with van der Waals surface area (Å²) >= 11 is 0. The van der Waals surface area contributed by atoms with Crippen molar-refractivity contribution in [3.05, 3.63) is 42.0 Å². The molecule has 0 saturated heterocycles. The number of benzene rings is 1. The van der Waals surface area contributed by atoms with Gasteiger partial charge in [-0.25, -0.2) is 9.98 Å². The zero-order valence-electron chi connectivity index (χ0n) is 13.8. The molecule has 0 unspecified atom stereocenters. The third-order valence-corrected chi connectivity index (χ3v) is 3.17. The molecule has 1 aromatic heterocycles. The Morgan fingerprint density at radius 2 is 2.04 bits per heavy atom. The van der Waals surface area contributed by atoms with Crippen LogP contribution in [0, 0.1) is 0 Å². The Kier molecular flexibility index (Phi) is 6.20. The van der Waals surface area contributed by atoms with Gasteiger partial charge in [0.15, 0.2) is 5.96 Å². The lowest BCUT2D eigenvalue weighted by molar-refractivity contribution is -0.274. The molecule has 0 aliphatic carbocycles. The van der Waals surface area contributed by atoms with Gasteiger partial charge in [0.1, 0.15) is 17.9 Å². The van der Waals surface area contributed by atoms with Crippen LogP contribution in [0.25, 0.3) is 0 Å². The number of aromatic nitrogens is 3. The molecule has 1 aromatic carbocycles. The molecule has 0 atom stereocenters. The number of nitrogens with one attached hydrogen (secondary N) is 2. The van der Waals surface area contributed by atoms with Crippen LogP contribution in [0.1, 0.15) is 18.3 Å². The average Bonchev–Trinajstić information content (AvgIpc) is 2.95. The number of nitrogens with zero attached hydrogens (tertiary/aromatic N) is 4. The summed E-state index contributed by atoms with van der Waals surface area (Å²) in [5, 5.41) is 10.0. The van der Waals surface area contributed by atoms with E-state index in [4.69, 9.17) is 0 Å². The molecule has 2 rings (SSSR count). The van der Waals surface area contributed by atoms with Crippen molar-refractivity contribution in [3.63, 3.8) is 0 Å². The van der Waals surface area contributed by atoms with Crippen molar-refractivity contribution in [2.45, 2.75) is 26.4 Å². The Morgan fingerprint density at radius 3 is 2.68 bits per heavy atom. The molecule has 0 bridgehead atoms. The van der Waals surface area contributed by atoms with Crippen LogP contribution in [0.4, 0.5) is 13.2 Å². The number of aliphatic imine (C=N–C) groups is 1. The molecule has 0 amide bonds. The monoisotopic (exact) mass is 356 g/mol. The minimum Gasteiger partial charge on any atom is -0.405 e. The van der Waals surface area contributed by atoms with E-state index < -0.39 is 6.36 Å². The van der Waals surface area contributed by atoms with E-state index in [9.17, 15) is 13.2 Å². The summed E-state index contributed by atoms with van der Waals surface area (Å²) in [6.07, 6.45) is -3.31.